The summed E-state index contributed by atoms with van der Waals surface area (Å²) in [6.45, 7) is 3.00. The number of aromatic nitrogens is 1. The molecule has 0 atom stereocenters. The molecule has 1 heterocycles. The van der Waals surface area contributed by atoms with Crippen molar-refractivity contribution in [2.24, 2.45) is 0 Å². The Kier molecular flexibility index (Phi) is 6.79. The van der Waals surface area contributed by atoms with Crippen LogP contribution in [0.3, 0.4) is 0 Å². The highest BCUT2D eigenvalue weighted by atomic mass is 79.9. The summed E-state index contributed by atoms with van der Waals surface area (Å²) in [5, 5.41) is 10.0. The topological polar surface area (TPSA) is 51.5 Å². The molecule has 148 valence electrons. The van der Waals surface area contributed by atoms with Crippen molar-refractivity contribution in [3.63, 3.8) is 0 Å². The van der Waals surface area contributed by atoms with Crippen LogP contribution >= 0.6 is 15.9 Å². The lowest BCUT2D eigenvalue weighted by molar-refractivity contribution is -0.137. The van der Waals surface area contributed by atoms with Crippen molar-refractivity contribution in [1.82, 2.24) is 4.57 Å². The van der Waals surface area contributed by atoms with E-state index in [0.717, 1.165) is 42.5 Å². The molecule has 5 heteroatoms. The second-order valence-corrected chi connectivity index (χ2v) is 8.03. The first-order valence-electron chi connectivity index (χ1n) is 9.61. The first-order chi connectivity index (χ1) is 13.5. The highest BCUT2D eigenvalue weighted by Crippen LogP contribution is 2.31. The Morgan fingerprint density at radius 1 is 1.11 bits per heavy atom. The van der Waals surface area contributed by atoms with E-state index < -0.39 is 5.97 Å². The van der Waals surface area contributed by atoms with Gasteiger partial charge in [-0.05, 0) is 67.6 Å². The number of carboxylic acids is 1. The SMILES string of the molecule is COc1ccc2c(c1)c(CCCCCC(=O)O)c(C)n2Cc1ccc(Br)cc1. The second-order valence-electron chi connectivity index (χ2n) is 7.11. The molecule has 2 aromatic carbocycles. The Morgan fingerprint density at radius 3 is 2.54 bits per heavy atom. The van der Waals surface area contributed by atoms with Crippen molar-refractivity contribution < 1.29 is 14.6 Å². The Hall–Kier alpha value is -2.27. The Morgan fingerprint density at radius 2 is 1.86 bits per heavy atom. The van der Waals surface area contributed by atoms with E-state index in [4.69, 9.17) is 9.84 Å². The molecule has 1 N–H and O–H groups in total. The van der Waals surface area contributed by atoms with E-state index in [-0.39, 0.29) is 6.42 Å². The number of rotatable bonds is 9. The van der Waals surface area contributed by atoms with E-state index in [2.05, 4.69) is 63.8 Å². The summed E-state index contributed by atoms with van der Waals surface area (Å²) in [4.78, 5) is 10.7. The van der Waals surface area contributed by atoms with Gasteiger partial charge in [0.25, 0.3) is 0 Å². The van der Waals surface area contributed by atoms with Crippen LogP contribution in [0.15, 0.2) is 46.9 Å². The number of aliphatic carboxylic acids is 1. The molecule has 1 aromatic heterocycles. The third-order valence-corrected chi connectivity index (χ3v) is 5.76. The van der Waals surface area contributed by atoms with Crippen molar-refractivity contribution in [2.45, 2.75) is 45.6 Å². The lowest BCUT2D eigenvalue weighted by Crippen LogP contribution is -2.02. The second kappa shape index (κ2) is 9.28. The molecule has 0 aliphatic carbocycles. The molecule has 3 aromatic rings. The highest BCUT2D eigenvalue weighted by Gasteiger charge is 2.15. The number of nitrogens with zero attached hydrogens (tertiary/aromatic N) is 1. The van der Waals surface area contributed by atoms with Crippen LogP contribution in [0.2, 0.25) is 0 Å². The van der Waals surface area contributed by atoms with Gasteiger partial charge in [0.2, 0.25) is 0 Å². The molecule has 0 aliphatic heterocycles. The number of methoxy groups -OCH3 is 1. The summed E-state index contributed by atoms with van der Waals surface area (Å²) in [5.41, 5.74) is 5.07. The van der Waals surface area contributed by atoms with Crippen molar-refractivity contribution in [3.8, 4) is 5.75 Å². The summed E-state index contributed by atoms with van der Waals surface area (Å²) in [6.07, 6.45) is 3.84. The molecule has 0 unspecified atom stereocenters. The lowest BCUT2D eigenvalue weighted by atomic mass is 10.0. The van der Waals surface area contributed by atoms with Gasteiger partial charge in [-0.15, -0.1) is 0 Å². The van der Waals surface area contributed by atoms with Crippen molar-refractivity contribution in [3.05, 3.63) is 63.8 Å². The molecule has 28 heavy (non-hydrogen) atoms. The molecule has 0 spiro atoms. The van der Waals surface area contributed by atoms with Crippen molar-refractivity contribution in [2.75, 3.05) is 7.11 Å². The van der Waals surface area contributed by atoms with Crippen molar-refractivity contribution >= 4 is 32.8 Å². The van der Waals surface area contributed by atoms with E-state index in [1.54, 1.807) is 7.11 Å². The summed E-state index contributed by atoms with van der Waals surface area (Å²) in [7, 11) is 1.69. The smallest absolute Gasteiger partial charge is 0.303 e. The van der Waals surface area contributed by atoms with E-state index in [9.17, 15) is 4.79 Å². The number of carboxylic acid groups (broad SMARTS) is 1. The van der Waals surface area contributed by atoms with Crippen LogP contribution in [0.5, 0.6) is 5.75 Å². The highest BCUT2D eigenvalue weighted by molar-refractivity contribution is 9.10. The van der Waals surface area contributed by atoms with Crippen LogP contribution in [0.25, 0.3) is 10.9 Å². The predicted molar refractivity (Wildman–Crippen MR) is 116 cm³/mol. The number of carbonyl (C=O) groups is 1. The Balaban J connectivity index is 1.89. The minimum Gasteiger partial charge on any atom is -0.497 e. The average Bonchev–Trinajstić information content (AvgIpc) is 2.94. The zero-order valence-electron chi connectivity index (χ0n) is 16.4. The van der Waals surface area contributed by atoms with Gasteiger partial charge in [0, 0.05) is 34.0 Å². The number of hydrogen-bond acceptors (Lipinski definition) is 2. The number of ether oxygens (including phenoxy) is 1. The van der Waals surface area contributed by atoms with E-state index >= 15 is 0 Å². The summed E-state index contributed by atoms with van der Waals surface area (Å²) in [5.74, 6) is 0.146. The average molecular weight is 444 g/mol. The summed E-state index contributed by atoms with van der Waals surface area (Å²) < 4.78 is 8.89. The quantitative estimate of drug-likeness (QED) is 0.415. The van der Waals surface area contributed by atoms with Crippen molar-refractivity contribution in [1.29, 1.82) is 0 Å². The van der Waals surface area contributed by atoms with Gasteiger partial charge in [0.05, 0.1) is 7.11 Å². The molecular formula is C23H26BrNO3. The zero-order chi connectivity index (χ0) is 20.1. The number of fused-ring (bicyclic) bond motifs is 1. The normalized spacial score (nSPS) is 11.1. The minimum absolute atomic E-state index is 0.248. The third kappa shape index (κ3) is 4.76. The third-order valence-electron chi connectivity index (χ3n) is 5.23. The molecule has 0 radical (unpaired) electrons. The minimum atomic E-state index is -0.716. The maximum Gasteiger partial charge on any atom is 0.303 e. The lowest BCUT2D eigenvalue weighted by Gasteiger charge is -2.10. The van der Waals surface area contributed by atoms with E-state index in [0.29, 0.717) is 0 Å². The predicted octanol–water partition coefficient (Wildman–Crippen LogP) is 5.96. The van der Waals surface area contributed by atoms with E-state index in [1.807, 2.05) is 6.07 Å². The largest absolute Gasteiger partial charge is 0.497 e. The van der Waals surface area contributed by atoms with Crippen LogP contribution in [0, 0.1) is 6.92 Å². The fourth-order valence-electron chi connectivity index (χ4n) is 3.70. The van der Waals surface area contributed by atoms with Gasteiger partial charge < -0.3 is 14.4 Å². The Bertz CT molecular complexity index is 960. The molecule has 0 amide bonds. The number of halogens is 1. The summed E-state index contributed by atoms with van der Waals surface area (Å²) in [6, 6.07) is 14.7. The van der Waals surface area contributed by atoms with Crippen LogP contribution < -0.4 is 4.74 Å². The van der Waals surface area contributed by atoms with Gasteiger partial charge in [-0.25, -0.2) is 0 Å². The molecule has 4 nitrogen and oxygen atoms in total. The van der Waals surface area contributed by atoms with Gasteiger partial charge in [-0.1, -0.05) is 34.5 Å². The maximum absolute atomic E-state index is 10.7. The zero-order valence-corrected chi connectivity index (χ0v) is 18.0. The van der Waals surface area contributed by atoms with Gasteiger partial charge in [-0.2, -0.15) is 0 Å². The molecule has 0 aliphatic rings. The molecule has 0 saturated carbocycles. The standard InChI is InChI=1S/C23H26BrNO3/c1-16-20(6-4-3-5-7-23(26)27)21-14-19(28-2)12-13-22(21)25(16)15-17-8-10-18(24)11-9-17/h8-14H,3-7,15H2,1-2H3,(H,26,27). The summed E-state index contributed by atoms with van der Waals surface area (Å²) >= 11 is 3.50. The van der Waals surface area contributed by atoms with Crippen LogP contribution in [-0.4, -0.2) is 22.8 Å². The van der Waals surface area contributed by atoms with E-state index in [1.165, 1.54) is 27.7 Å². The molecular weight excluding hydrogens is 418 g/mol. The Labute approximate surface area is 174 Å². The number of benzene rings is 2. The fraction of sp³-hybridized carbons (Fsp3) is 0.348. The first kappa shape index (κ1) is 20.5. The number of hydrogen-bond donors (Lipinski definition) is 1. The number of aryl methyl sites for hydroxylation is 1. The van der Waals surface area contributed by atoms with Gasteiger partial charge in [0.1, 0.15) is 5.75 Å². The molecule has 3 rings (SSSR count). The van der Waals surface area contributed by atoms with Crippen LogP contribution in [0.1, 0.15) is 42.5 Å². The number of unbranched alkanes of at least 4 members (excludes halogenated alkanes) is 2. The monoisotopic (exact) mass is 443 g/mol. The van der Waals surface area contributed by atoms with Crippen LogP contribution in [-0.2, 0) is 17.8 Å². The van der Waals surface area contributed by atoms with Crippen LogP contribution in [0.4, 0.5) is 0 Å². The van der Waals surface area contributed by atoms with Gasteiger partial charge in [-0.3, -0.25) is 4.79 Å². The first-order valence-corrected chi connectivity index (χ1v) is 10.4. The molecule has 0 fully saturated rings. The fourth-order valence-corrected chi connectivity index (χ4v) is 3.97. The molecule has 0 bridgehead atoms. The van der Waals surface area contributed by atoms with Gasteiger partial charge >= 0.3 is 5.97 Å². The van der Waals surface area contributed by atoms with Gasteiger partial charge in [0.15, 0.2) is 0 Å². The maximum atomic E-state index is 10.7. The molecule has 0 saturated heterocycles.